The van der Waals surface area contributed by atoms with Crippen molar-refractivity contribution in [2.24, 2.45) is 0 Å². The molecule has 2 aromatic rings. The minimum Gasteiger partial charge on any atom is -0.497 e. The molecule has 7 heteroatoms. The molecule has 1 heterocycles. The Morgan fingerprint density at radius 1 is 1.00 bits per heavy atom. The second-order valence-corrected chi connectivity index (χ2v) is 5.95. The van der Waals surface area contributed by atoms with Crippen LogP contribution in [0.25, 0.3) is 0 Å². The number of piperazine rings is 1. The molecule has 1 aliphatic heterocycles. The van der Waals surface area contributed by atoms with Crippen molar-refractivity contribution in [1.29, 1.82) is 0 Å². The van der Waals surface area contributed by atoms with Crippen LogP contribution in [0.3, 0.4) is 0 Å². The highest BCUT2D eigenvalue weighted by Gasteiger charge is 2.25. The fraction of sp³-hybridized carbons (Fsp3) is 0.263. The number of methoxy groups -OCH3 is 1. The maximum absolute atomic E-state index is 12.9. The molecule has 0 bridgehead atoms. The van der Waals surface area contributed by atoms with Gasteiger partial charge >= 0.3 is 6.03 Å². The molecule has 1 N–H and O–H groups in total. The van der Waals surface area contributed by atoms with E-state index in [0.29, 0.717) is 43.2 Å². The Bertz CT molecular complexity index is 787. The van der Waals surface area contributed by atoms with Gasteiger partial charge in [0.2, 0.25) is 0 Å². The number of hydrogen-bond acceptors (Lipinski definition) is 3. The second kappa shape index (κ2) is 7.86. The number of amides is 3. The van der Waals surface area contributed by atoms with E-state index in [1.807, 2.05) is 0 Å². The van der Waals surface area contributed by atoms with Gasteiger partial charge in [-0.15, -0.1) is 0 Å². The van der Waals surface area contributed by atoms with Crippen LogP contribution in [-0.2, 0) is 0 Å². The molecule has 0 radical (unpaired) electrons. The Hall–Kier alpha value is -3.09. The monoisotopic (exact) mass is 357 g/mol. The number of nitrogens with zero attached hydrogens (tertiary/aromatic N) is 2. The first-order valence-corrected chi connectivity index (χ1v) is 8.31. The van der Waals surface area contributed by atoms with Gasteiger partial charge in [-0.1, -0.05) is 6.07 Å². The quantitative estimate of drug-likeness (QED) is 0.919. The van der Waals surface area contributed by atoms with Crippen LogP contribution in [0, 0.1) is 5.82 Å². The summed E-state index contributed by atoms with van der Waals surface area (Å²) in [7, 11) is 1.56. The molecule has 0 aromatic heterocycles. The highest BCUT2D eigenvalue weighted by molar-refractivity contribution is 5.95. The van der Waals surface area contributed by atoms with Crippen LogP contribution in [0.4, 0.5) is 14.9 Å². The first-order valence-electron chi connectivity index (χ1n) is 8.31. The van der Waals surface area contributed by atoms with E-state index in [-0.39, 0.29) is 17.8 Å². The van der Waals surface area contributed by atoms with E-state index >= 15 is 0 Å². The minimum atomic E-state index is -0.354. The predicted octanol–water partition coefficient (Wildman–Crippen LogP) is 2.82. The molecule has 0 spiro atoms. The molecular weight excluding hydrogens is 337 g/mol. The van der Waals surface area contributed by atoms with E-state index in [0.717, 1.165) is 0 Å². The van der Waals surface area contributed by atoms with Crippen LogP contribution < -0.4 is 10.1 Å². The summed E-state index contributed by atoms with van der Waals surface area (Å²) in [6.07, 6.45) is 0. The third-order valence-electron chi connectivity index (χ3n) is 4.27. The highest BCUT2D eigenvalue weighted by atomic mass is 19.1. The van der Waals surface area contributed by atoms with Gasteiger partial charge in [-0.25, -0.2) is 9.18 Å². The molecule has 6 nitrogen and oxygen atoms in total. The van der Waals surface area contributed by atoms with E-state index in [9.17, 15) is 14.0 Å². The van der Waals surface area contributed by atoms with Crippen molar-refractivity contribution in [3.05, 3.63) is 59.9 Å². The van der Waals surface area contributed by atoms with Crippen molar-refractivity contribution in [1.82, 2.24) is 9.80 Å². The summed E-state index contributed by atoms with van der Waals surface area (Å²) in [5.74, 6) is 0.198. The number of urea groups is 1. The van der Waals surface area contributed by atoms with Crippen LogP contribution in [0.5, 0.6) is 5.75 Å². The first kappa shape index (κ1) is 17.7. The lowest BCUT2D eigenvalue weighted by atomic mass is 10.1. The van der Waals surface area contributed by atoms with Gasteiger partial charge in [-0.2, -0.15) is 0 Å². The summed E-state index contributed by atoms with van der Waals surface area (Å²) in [4.78, 5) is 28.2. The van der Waals surface area contributed by atoms with E-state index in [1.165, 1.54) is 24.3 Å². The normalized spacial score (nSPS) is 14.1. The zero-order valence-corrected chi connectivity index (χ0v) is 14.4. The van der Waals surface area contributed by atoms with Gasteiger partial charge in [0, 0.05) is 37.4 Å². The predicted molar refractivity (Wildman–Crippen MR) is 95.9 cm³/mol. The molecule has 0 saturated carbocycles. The Kier molecular flexibility index (Phi) is 5.36. The fourth-order valence-electron chi connectivity index (χ4n) is 2.79. The molecule has 2 aromatic carbocycles. The highest BCUT2D eigenvalue weighted by Crippen LogP contribution is 2.16. The lowest BCUT2D eigenvalue weighted by Crippen LogP contribution is -2.51. The van der Waals surface area contributed by atoms with Crippen LogP contribution in [0.2, 0.25) is 0 Å². The summed E-state index contributed by atoms with van der Waals surface area (Å²) < 4.78 is 18.1. The summed E-state index contributed by atoms with van der Waals surface area (Å²) in [5.41, 5.74) is 1.10. The number of hydrogen-bond donors (Lipinski definition) is 1. The van der Waals surface area contributed by atoms with Gasteiger partial charge in [0.15, 0.2) is 0 Å². The average molecular weight is 357 g/mol. The number of nitrogens with one attached hydrogen (secondary N) is 1. The zero-order valence-electron chi connectivity index (χ0n) is 14.4. The van der Waals surface area contributed by atoms with Crippen LogP contribution in [-0.4, -0.2) is 55.0 Å². The average Bonchev–Trinajstić information content (AvgIpc) is 2.69. The SMILES string of the molecule is COc1cccc(C(=O)N2CCN(C(=O)Nc3ccc(F)cc3)CC2)c1. The summed E-state index contributed by atoms with van der Waals surface area (Å²) in [6, 6.07) is 12.4. The van der Waals surface area contributed by atoms with E-state index < -0.39 is 0 Å². The lowest BCUT2D eigenvalue weighted by Gasteiger charge is -2.34. The fourth-order valence-corrected chi connectivity index (χ4v) is 2.79. The second-order valence-electron chi connectivity index (χ2n) is 5.95. The molecule has 0 atom stereocenters. The zero-order chi connectivity index (χ0) is 18.5. The van der Waals surface area contributed by atoms with E-state index in [2.05, 4.69) is 5.32 Å². The number of carbonyl (C=O) groups excluding carboxylic acids is 2. The van der Waals surface area contributed by atoms with E-state index in [1.54, 1.807) is 41.2 Å². The van der Waals surface area contributed by atoms with Crippen molar-refractivity contribution < 1.29 is 18.7 Å². The summed E-state index contributed by atoms with van der Waals surface area (Å²) in [5, 5.41) is 2.73. The first-order chi connectivity index (χ1) is 12.6. The smallest absolute Gasteiger partial charge is 0.321 e. The molecule has 26 heavy (non-hydrogen) atoms. The molecular formula is C19H20FN3O3. The van der Waals surface area contributed by atoms with Crippen molar-refractivity contribution in [3.8, 4) is 5.75 Å². The molecule has 0 unspecified atom stereocenters. The van der Waals surface area contributed by atoms with Crippen molar-refractivity contribution in [3.63, 3.8) is 0 Å². The number of ether oxygens (including phenoxy) is 1. The number of carbonyl (C=O) groups is 2. The maximum atomic E-state index is 12.9. The summed E-state index contributed by atoms with van der Waals surface area (Å²) in [6.45, 7) is 1.77. The number of halogens is 1. The Morgan fingerprint density at radius 2 is 1.65 bits per heavy atom. The van der Waals surface area contributed by atoms with Crippen LogP contribution >= 0.6 is 0 Å². The Labute approximate surface area is 151 Å². The third kappa shape index (κ3) is 4.11. The Morgan fingerprint density at radius 3 is 2.31 bits per heavy atom. The largest absolute Gasteiger partial charge is 0.497 e. The van der Waals surface area contributed by atoms with Crippen LogP contribution in [0.1, 0.15) is 10.4 Å². The van der Waals surface area contributed by atoms with Gasteiger partial charge < -0.3 is 19.9 Å². The third-order valence-corrected chi connectivity index (χ3v) is 4.27. The standard InChI is InChI=1S/C19H20FN3O3/c1-26-17-4-2-3-14(13-17)18(24)22-9-11-23(12-10-22)19(25)21-16-7-5-15(20)6-8-16/h2-8,13H,9-12H2,1H3,(H,21,25). The molecule has 0 aliphatic carbocycles. The van der Waals surface area contributed by atoms with Crippen molar-refractivity contribution in [2.45, 2.75) is 0 Å². The summed E-state index contributed by atoms with van der Waals surface area (Å²) >= 11 is 0. The minimum absolute atomic E-state index is 0.0810. The van der Waals surface area contributed by atoms with Gasteiger partial charge in [0.1, 0.15) is 11.6 Å². The van der Waals surface area contributed by atoms with Gasteiger partial charge in [-0.3, -0.25) is 4.79 Å². The van der Waals surface area contributed by atoms with E-state index in [4.69, 9.17) is 4.74 Å². The van der Waals surface area contributed by atoms with Gasteiger partial charge in [0.25, 0.3) is 5.91 Å². The lowest BCUT2D eigenvalue weighted by molar-refractivity contribution is 0.0671. The molecule has 3 amide bonds. The topological polar surface area (TPSA) is 61.9 Å². The molecule has 1 saturated heterocycles. The molecule has 3 rings (SSSR count). The van der Waals surface area contributed by atoms with Gasteiger partial charge in [0.05, 0.1) is 7.11 Å². The number of rotatable bonds is 3. The number of anilines is 1. The molecule has 1 fully saturated rings. The molecule has 136 valence electrons. The Balaban J connectivity index is 1.55. The van der Waals surface area contributed by atoms with Gasteiger partial charge in [-0.05, 0) is 42.5 Å². The maximum Gasteiger partial charge on any atom is 0.321 e. The van der Waals surface area contributed by atoms with Crippen LogP contribution in [0.15, 0.2) is 48.5 Å². The van der Waals surface area contributed by atoms with Crippen molar-refractivity contribution >= 4 is 17.6 Å². The van der Waals surface area contributed by atoms with Crippen molar-refractivity contribution in [2.75, 3.05) is 38.6 Å². The number of benzene rings is 2. The molecule has 1 aliphatic rings.